The predicted molar refractivity (Wildman–Crippen MR) is 71.3 cm³/mol. The van der Waals surface area contributed by atoms with Crippen molar-refractivity contribution in [2.45, 2.75) is 0 Å². The summed E-state index contributed by atoms with van der Waals surface area (Å²) < 4.78 is 10.8. The highest BCUT2D eigenvalue weighted by atomic mass is 16.5. The van der Waals surface area contributed by atoms with Gasteiger partial charge in [-0.2, -0.15) is 15.0 Å². The van der Waals surface area contributed by atoms with Gasteiger partial charge in [-0.15, -0.1) is 0 Å². The summed E-state index contributed by atoms with van der Waals surface area (Å²) in [7, 11) is 3.68. The van der Waals surface area contributed by atoms with Crippen LogP contribution >= 0.6 is 0 Å². The topological polar surface area (TPSA) is 89.6 Å². The van der Waals surface area contributed by atoms with Crippen molar-refractivity contribution >= 4 is 11.9 Å². The molecule has 0 aliphatic carbocycles. The third kappa shape index (κ3) is 4.18. The van der Waals surface area contributed by atoms with Crippen molar-refractivity contribution in [1.29, 1.82) is 0 Å². The summed E-state index contributed by atoms with van der Waals surface area (Å²) in [4.78, 5) is 16.2. The van der Waals surface area contributed by atoms with Crippen LogP contribution in [-0.2, 0) is 4.74 Å². The highest BCUT2D eigenvalue weighted by Gasteiger charge is 2.11. The first-order chi connectivity index (χ1) is 9.15. The average molecular weight is 268 g/mol. The normalized spacial score (nSPS) is 16.3. The van der Waals surface area contributed by atoms with Crippen molar-refractivity contribution in [2.24, 2.45) is 0 Å². The Morgan fingerprint density at radius 1 is 1.26 bits per heavy atom. The molecule has 1 aromatic heterocycles. The maximum Gasteiger partial charge on any atom is 0.323 e. The second kappa shape index (κ2) is 6.48. The third-order valence-corrected chi connectivity index (χ3v) is 2.76. The van der Waals surface area contributed by atoms with Crippen molar-refractivity contribution in [1.82, 2.24) is 19.9 Å². The zero-order chi connectivity index (χ0) is 13.7. The number of hydrogen-bond donors (Lipinski definition) is 1. The largest absolute Gasteiger partial charge is 0.462 e. The number of anilines is 2. The summed E-state index contributed by atoms with van der Waals surface area (Å²) in [6, 6.07) is 0.268. The zero-order valence-electron chi connectivity index (χ0n) is 11.4. The minimum absolute atomic E-state index is 0.167. The smallest absolute Gasteiger partial charge is 0.323 e. The highest BCUT2D eigenvalue weighted by Crippen LogP contribution is 2.10. The number of ether oxygens (including phenoxy) is 2. The molecule has 0 spiro atoms. The minimum atomic E-state index is 0.167. The lowest BCUT2D eigenvalue weighted by Gasteiger charge is -2.26. The molecule has 106 valence electrons. The maximum atomic E-state index is 5.62. The molecule has 0 atom stereocenters. The Hall–Kier alpha value is -1.67. The number of rotatable bonds is 5. The van der Waals surface area contributed by atoms with E-state index in [1.807, 2.05) is 14.1 Å². The molecular formula is C11H20N6O2. The van der Waals surface area contributed by atoms with Gasteiger partial charge in [0.05, 0.1) is 13.2 Å². The van der Waals surface area contributed by atoms with E-state index in [1.165, 1.54) is 0 Å². The van der Waals surface area contributed by atoms with Crippen LogP contribution in [0.4, 0.5) is 11.9 Å². The van der Waals surface area contributed by atoms with E-state index in [-0.39, 0.29) is 12.0 Å². The molecule has 8 nitrogen and oxygen atoms in total. The molecule has 2 rings (SSSR count). The Labute approximate surface area is 112 Å². The standard InChI is InChI=1S/C11H20N6O2/c1-16(2)10-13-9(12)14-11(15-10)19-8-5-17-3-6-18-7-4-17/h3-8H2,1-2H3,(H2,12,13,14,15). The van der Waals surface area contributed by atoms with E-state index in [2.05, 4.69) is 19.9 Å². The molecule has 2 heterocycles. The fourth-order valence-electron chi connectivity index (χ4n) is 1.72. The first kappa shape index (κ1) is 13.8. The van der Waals surface area contributed by atoms with Crippen LogP contribution in [0.2, 0.25) is 0 Å². The average Bonchev–Trinajstić information content (AvgIpc) is 2.39. The molecule has 19 heavy (non-hydrogen) atoms. The predicted octanol–water partition coefficient (Wildman–Crippen LogP) is -0.769. The Morgan fingerprint density at radius 3 is 2.68 bits per heavy atom. The lowest BCUT2D eigenvalue weighted by atomic mass is 10.4. The number of nitrogens with zero attached hydrogens (tertiary/aromatic N) is 5. The lowest BCUT2D eigenvalue weighted by molar-refractivity contribution is 0.0317. The van der Waals surface area contributed by atoms with E-state index < -0.39 is 0 Å². The maximum absolute atomic E-state index is 5.62. The van der Waals surface area contributed by atoms with Crippen molar-refractivity contribution < 1.29 is 9.47 Å². The quantitative estimate of drug-likeness (QED) is 0.744. The second-order valence-corrected chi connectivity index (χ2v) is 4.47. The van der Waals surface area contributed by atoms with Crippen molar-refractivity contribution in [3.8, 4) is 6.01 Å². The fourth-order valence-corrected chi connectivity index (χ4v) is 1.72. The molecule has 1 aliphatic heterocycles. The lowest BCUT2D eigenvalue weighted by Crippen LogP contribution is -2.38. The minimum Gasteiger partial charge on any atom is -0.462 e. The molecule has 1 fully saturated rings. The number of nitrogen functional groups attached to an aromatic ring is 1. The van der Waals surface area contributed by atoms with Gasteiger partial charge in [0.25, 0.3) is 0 Å². The van der Waals surface area contributed by atoms with E-state index in [0.717, 1.165) is 32.8 Å². The fraction of sp³-hybridized carbons (Fsp3) is 0.727. The Kier molecular flexibility index (Phi) is 4.69. The summed E-state index contributed by atoms with van der Waals surface area (Å²) >= 11 is 0. The zero-order valence-corrected chi connectivity index (χ0v) is 11.4. The van der Waals surface area contributed by atoms with Crippen LogP contribution in [0.15, 0.2) is 0 Å². The van der Waals surface area contributed by atoms with Gasteiger partial charge in [-0.3, -0.25) is 4.90 Å². The van der Waals surface area contributed by atoms with Gasteiger partial charge in [0, 0.05) is 33.7 Å². The van der Waals surface area contributed by atoms with Crippen LogP contribution in [0.25, 0.3) is 0 Å². The van der Waals surface area contributed by atoms with E-state index >= 15 is 0 Å². The van der Waals surface area contributed by atoms with Crippen molar-refractivity contribution in [2.75, 3.05) is 64.2 Å². The molecule has 0 unspecified atom stereocenters. The Balaban J connectivity index is 1.84. The van der Waals surface area contributed by atoms with Gasteiger partial charge in [0.15, 0.2) is 0 Å². The molecule has 0 radical (unpaired) electrons. The summed E-state index contributed by atoms with van der Waals surface area (Å²) in [6.07, 6.45) is 0. The Bertz CT molecular complexity index is 408. The van der Waals surface area contributed by atoms with Crippen LogP contribution in [0, 0.1) is 0 Å². The molecule has 0 amide bonds. The molecule has 0 saturated carbocycles. The van der Waals surface area contributed by atoms with Crippen molar-refractivity contribution in [3.05, 3.63) is 0 Å². The number of aromatic nitrogens is 3. The summed E-state index contributed by atoms with van der Waals surface area (Å²) in [5.74, 6) is 0.661. The van der Waals surface area contributed by atoms with Gasteiger partial charge in [0.2, 0.25) is 11.9 Å². The summed E-state index contributed by atoms with van der Waals surface area (Å²) in [5, 5.41) is 0. The van der Waals surface area contributed by atoms with E-state index in [4.69, 9.17) is 15.2 Å². The molecular weight excluding hydrogens is 248 g/mol. The molecule has 1 aliphatic rings. The summed E-state index contributed by atoms with van der Waals surface area (Å²) in [6.45, 7) is 4.78. The van der Waals surface area contributed by atoms with E-state index in [1.54, 1.807) is 4.90 Å². The highest BCUT2D eigenvalue weighted by molar-refractivity contribution is 5.33. The molecule has 0 bridgehead atoms. The SMILES string of the molecule is CN(C)c1nc(N)nc(OCCN2CCOCC2)n1. The number of hydrogen-bond acceptors (Lipinski definition) is 8. The second-order valence-electron chi connectivity index (χ2n) is 4.47. The molecule has 0 aromatic carbocycles. The molecule has 1 saturated heterocycles. The van der Waals surface area contributed by atoms with Crippen LogP contribution in [0.1, 0.15) is 0 Å². The molecule has 2 N–H and O–H groups in total. The first-order valence-corrected chi connectivity index (χ1v) is 6.27. The van der Waals surface area contributed by atoms with Gasteiger partial charge < -0.3 is 20.1 Å². The van der Waals surface area contributed by atoms with Crippen LogP contribution in [0.3, 0.4) is 0 Å². The van der Waals surface area contributed by atoms with Gasteiger partial charge in [0.1, 0.15) is 6.61 Å². The molecule has 8 heteroatoms. The van der Waals surface area contributed by atoms with Gasteiger partial charge in [-0.25, -0.2) is 0 Å². The number of morpholine rings is 1. The van der Waals surface area contributed by atoms with Crippen LogP contribution < -0.4 is 15.4 Å². The van der Waals surface area contributed by atoms with E-state index in [9.17, 15) is 0 Å². The third-order valence-electron chi connectivity index (χ3n) is 2.76. The monoisotopic (exact) mass is 268 g/mol. The van der Waals surface area contributed by atoms with Crippen LogP contribution in [-0.4, -0.2) is 73.4 Å². The van der Waals surface area contributed by atoms with Crippen LogP contribution in [0.5, 0.6) is 6.01 Å². The first-order valence-electron chi connectivity index (χ1n) is 6.27. The van der Waals surface area contributed by atoms with Crippen molar-refractivity contribution in [3.63, 3.8) is 0 Å². The van der Waals surface area contributed by atoms with Gasteiger partial charge in [-0.05, 0) is 0 Å². The van der Waals surface area contributed by atoms with Gasteiger partial charge in [-0.1, -0.05) is 0 Å². The molecule has 1 aromatic rings. The van der Waals surface area contributed by atoms with Gasteiger partial charge >= 0.3 is 6.01 Å². The van der Waals surface area contributed by atoms with E-state index in [0.29, 0.717) is 12.6 Å². The number of nitrogens with two attached hydrogens (primary N) is 1. The summed E-state index contributed by atoms with van der Waals surface area (Å²) in [5.41, 5.74) is 5.62. The Morgan fingerprint density at radius 2 is 2.00 bits per heavy atom.